The van der Waals surface area contributed by atoms with Crippen molar-refractivity contribution in [2.45, 2.75) is 12.5 Å². The van der Waals surface area contributed by atoms with Crippen LogP contribution in [-0.2, 0) is 6.42 Å². The highest BCUT2D eigenvalue weighted by molar-refractivity contribution is 6.00. The summed E-state index contributed by atoms with van der Waals surface area (Å²) in [5.41, 5.74) is 11.3. The van der Waals surface area contributed by atoms with Gasteiger partial charge in [-0.25, -0.2) is 4.99 Å². The van der Waals surface area contributed by atoms with Crippen molar-refractivity contribution in [3.05, 3.63) is 100 Å². The zero-order valence-corrected chi connectivity index (χ0v) is 16.0. The van der Waals surface area contributed by atoms with Crippen LogP contribution < -0.4 is 10.6 Å². The van der Waals surface area contributed by atoms with Gasteiger partial charge in [0.25, 0.3) is 5.69 Å². The van der Waals surface area contributed by atoms with Crippen molar-refractivity contribution in [3.8, 4) is 0 Å². The van der Waals surface area contributed by atoms with Crippen LogP contribution in [-0.4, -0.2) is 15.9 Å². The number of aromatic amines is 1. The topological polar surface area (TPSA) is 101 Å². The predicted octanol–water partition coefficient (Wildman–Crippen LogP) is 4.83. The van der Waals surface area contributed by atoms with Gasteiger partial charge in [0.15, 0.2) is 0 Å². The number of nitro benzene ring substituents is 1. The molecule has 0 bridgehead atoms. The van der Waals surface area contributed by atoms with Gasteiger partial charge >= 0.3 is 0 Å². The van der Waals surface area contributed by atoms with Gasteiger partial charge in [0.1, 0.15) is 0 Å². The number of nitrogens with zero attached hydrogens (tertiary/aromatic N) is 3. The first kappa shape index (κ1) is 17.9. The number of guanidine groups is 1. The molecule has 148 valence electrons. The molecule has 0 aliphatic carbocycles. The van der Waals surface area contributed by atoms with Gasteiger partial charge in [-0.15, -0.1) is 0 Å². The minimum atomic E-state index is -0.435. The van der Waals surface area contributed by atoms with E-state index < -0.39 is 4.92 Å². The lowest BCUT2D eigenvalue weighted by Gasteiger charge is -2.26. The third-order valence-electron chi connectivity index (χ3n) is 5.49. The third kappa shape index (κ3) is 2.97. The molecule has 0 amide bonds. The number of nitro groups is 1. The first-order valence-corrected chi connectivity index (χ1v) is 9.63. The molecule has 0 spiro atoms. The first-order chi connectivity index (χ1) is 14.6. The van der Waals surface area contributed by atoms with E-state index in [4.69, 9.17) is 5.73 Å². The van der Waals surface area contributed by atoms with E-state index in [2.05, 4.69) is 22.1 Å². The van der Waals surface area contributed by atoms with Gasteiger partial charge < -0.3 is 15.6 Å². The molecule has 2 heterocycles. The summed E-state index contributed by atoms with van der Waals surface area (Å²) in [7, 11) is 0. The fourth-order valence-electron chi connectivity index (χ4n) is 4.15. The Labute approximate surface area is 172 Å². The van der Waals surface area contributed by atoms with Crippen molar-refractivity contribution in [2.24, 2.45) is 10.7 Å². The normalized spacial score (nSPS) is 16.1. The molecular formula is C23H19N5O2. The summed E-state index contributed by atoms with van der Waals surface area (Å²) < 4.78 is 0. The number of benzene rings is 3. The minimum absolute atomic E-state index is 0.0148. The second-order valence-corrected chi connectivity index (χ2v) is 7.26. The molecular weight excluding hydrogens is 378 g/mol. The number of para-hydroxylation sites is 2. The Bertz CT molecular complexity index is 1290. The number of aliphatic imine (C=N–C) groups is 1. The number of nitrogens with one attached hydrogen (secondary N) is 1. The number of aromatic nitrogens is 1. The number of nitrogens with two attached hydrogens (primary N) is 1. The zero-order chi connectivity index (χ0) is 20.7. The number of anilines is 1. The van der Waals surface area contributed by atoms with E-state index in [1.165, 1.54) is 17.7 Å². The van der Waals surface area contributed by atoms with E-state index in [1.807, 2.05) is 47.5 Å². The Kier molecular flexibility index (Phi) is 4.21. The highest BCUT2D eigenvalue weighted by Gasteiger charge is 2.34. The van der Waals surface area contributed by atoms with E-state index >= 15 is 0 Å². The van der Waals surface area contributed by atoms with E-state index in [1.54, 1.807) is 12.1 Å². The molecule has 30 heavy (non-hydrogen) atoms. The second-order valence-electron chi connectivity index (χ2n) is 7.26. The molecule has 0 saturated heterocycles. The Morgan fingerprint density at radius 3 is 2.77 bits per heavy atom. The average molecular weight is 397 g/mol. The molecule has 0 saturated carbocycles. The van der Waals surface area contributed by atoms with Crippen LogP contribution >= 0.6 is 0 Å². The fourth-order valence-corrected chi connectivity index (χ4v) is 4.15. The van der Waals surface area contributed by atoms with Crippen LogP contribution in [0.3, 0.4) is 0 Å². The lowest BCUT2D eigenvalue weighted by Crippen LogP contribution is -2.38. The predicted molar refractivity (Wildman–Crippen MR) is 118 cm³/mol. The monoisotopic (exact) mass is 397 g/mol. The Morgan fingerprint density at radius 1 is 1.10 bits per heavy atom. The standard InChI is InChI=1S/C23H19N5O2/c24-23(26-16-7-5-8-17(13-16)28(29)30)27-21-11-4-1-6-15(21)12-22(27)19-14-25-20-10-3-2-9-18(19)20/h1-11,13-14,22,25H,12H2,(H2,24,26). The van der Waals surface area contributed by atoms with Crippen molar-refractivity contribution in [1.29, 1.82) is 0 Å². The van der Waals surface area contributed by atoms with E-state index in [0.29, 0.717) is 11.6 Å². The number of rotatable bonds is 3. The molecule has 3 aromatic carbocycles. The van der Waals surface area contributed by atoms with Crippen LogP contribution in [0.2, 0.25) is 0 Å². The zero-order valence-electron chi connectivity index (χ0n) is 16.0. The van der Waals surface area contributed by atoms with Crippen LogP contribution in [0.1, 0.15) is 17.2 Å². The lowest BCUT2D eigenvalue weighted by atomic mass is 10.0. The van der Waals surface area contributed by atoms with Gasteiger partial charge in [-0.2, -0.15) is 0 Å². The summed E-state index contributed by atoms with van der Waals surface area (Å²) in [5.74, 6) is 0.302. The summed E-state index contributed by atoms with van der Waals surface area (Å²) >= 11 is 0. The highest BCUT2D eigenvalue weighted by atomic mass is 16.6. The van der Waals surface area contributed by atoms with Crippen molar-refractivity contribution in [1.82, 2.24) is 4.98 Å². The maximum atomic E-state index is 11.1. The molecule has 1 aliphatic rings. The molecule has 4 aromatic rings. The Morgan fingerprint density at radius 2 is 1.90 bits per heavy atom. The number of fused-ring (bicyclic) bond motifs is 2. The quantitative estimate of drug-likeness (QED) is 0.224. The summed E-state index contributed by atoms with van der Waals surface area (Å²) in [6, 6.07) is 22.4. The molecule has 7 nitrogen and oxygen atoms in total. The maximum absolute atomic E-state index is 11.1. The van der Waals surface area contributed by atoms with Crippen molar-refractivity contribution < 1.29 is 4.92 Å². The van der Waals surface area contributed by atoms with Crippen molar-refractivity contribution in [2.75, 3.05) is 4.90 Å². The second kappa shape index (κ2) is 7.04. The van der Waals surface area contributed by atoms with Gasteiger partial charge in [0.2, 0.25) is 5.96 Å². The van der Waals surface area contributed by atoms with Gasteiger partial charge in [-0.05, 0) is 30.2 Å². The average Bonchev–Trinajstić information content (AvgIpc) is 3.35. The van der Waals surface area contributed by atoms with E-state index in [9.17, 15) is 10.1 Å². The number of non-ortho nitro benzene ring substituents is 1. The molecule has 1 atom stereocenters. The van der Waals surface area contributed by atoms with Crippen LogP contribution in [0.25, 0.3) is 10.9 Å². The number of H-pyrrole nitrogens is 1. The molecule has 1 aromatic heterocycles. The van der Waals surface area contributed by atoms with E-state index in [0.717, 1.165) is 28.6 Å². The van der Waals surface area contributed by atoms with Gasteiger partial charge in [0, 0.05) is 40.5 Å². The molecule has 1 aliphatic heterocycles. The molecule has 0 fully saturated rings. The fraction of sp³-hybridized carbons (Fsp3) is 0.0870. The largest absolute Gasteiger partial charge is 0.369 e. The Balaban J connectivity index is 1.61. The van der Waals surface area contributed by atoms with Crippen LogP contribution in [0.5, 0.6) is 0 Å². The van der Waals surface area contributed by atoms with Crippen molar-refractivity contribution in [3.63, 3.8) is 0 Å². The van der Waals surface area contributed by atoms with Crippen LogP contribution in [0.15, 0.2) is 84.0 Å². The third-order valence-corrected chi connectivity index (χ3v) is 5.49. The van der Waals surface area contributed by atoms with Gasteiger partial charge in [-0.1, -0.05) is 42.5 Å². The van der Waals surface area contributed by atoms with Crippen LogP contribution in [0, 0.1) is 10.1 Å². The molecule has 1 unspecified atom stereocenters. The maximum Gasteiger partial charge on any atom is 0.271 e. The number of hydrogen-bond donors (Lipinski definition) is 2. The van der Waals surface area contributed by atoms with Crippen LogP contribution in [0.4, 0.5) is 17.1 Å². The summed E-state index contributed by atoms with van der Waals surface area (Å²) in [4.78, 5) is 20.6. The summed E-state index contributed by atoms with van der Waals surface area (Å²) in [5, 5.41) is 12.2. The minimum Gasteiger partial charge on any atom is -0.369 e. The highest BCUT2D eigenvalue weighted by Crippen LogP contribution is 2.42. The molecule has 3 N–H and O–H groups in total. The molecule has 7 heteroatoms. The SMILES string of the molecule is NC(=Nc1cccc([N+](=O)[O-])c1)N1c2ccccc2CC1c1c[nH]c2ccccc12. The van der Waals surface area contributed by atoms with Gasteiger partial charge in [0.05, 0.1) is 16.7 Å². The smallest absolute Gasteiger partial charge is 0.271 e. The van der Waals surface area contributed by atoms with Crippen molar-refractivity contribution >= 4 is 33.9 Å². The Hall–Kier alpha value is -4.13. The molecule has 0 radical (unpaired) electrons. The first-order valence-electron chi connectivity index (χ1n) is 9.63. The van der Waals surface area contributed by atoms with E-state index in [-0.39, 0.29) is 11.7 Å². The molecule has 5 rings (SSSR count). The lowest BCUT2D eigenvalue weighted by molar-refractivity contribution is -0.384. The number of hydrogen-bond acceptors (Lipinski definition) is 3. The van der Waals surface area contributed by atoms with Gasteiger partial charge in [-0.3, -0.25) is 10.1 Å². The summed E-state index contributed by atoms with van der Waals surface area (Å²) in [6.07, 6.45) is 2.82. The summed E-state index contributed by atoms with van der Waals surface area (Å²) in [6.45, 7) is 0.